The SMILES string of the molecule is N#Cc1ccccc1S(=O)(=O)N1CCN(Cc2nn(-c3ccccc3)c3c2CCC3)CC1. The van der Waals surface area contributed by atoms with Gasteiger partial charge in [0.15, 0.2) is 0 Å². The van der Waals surface area contributed by atoms with Crippen molar-refractivity contribution in [3.05, 3.63) is 77.1 Å². The summed E-state index contributed by atoms with van der Waals surface area (Å²) in [6.07, 6.45) is 3.25. The third kappa shape index (κ3) is 3.73. The highest BCUT2D eigenvalue weighted by Gasteiger charge is 2.31. The van der Waals surface area contributed by atoms with Crippen molar-refractivity contribution < 1.29 is 8.42 Å². The minimum atomic E-state index is -3.68. The number of fused-ring (bicyclic) bond motifs is 1. The lowest BCUT2D eigenvalue weighted by Crippen LogP contribution is -2.48. The van der Waals surface area contributed by atoms with Gasteiger partial charge in [-0.2, -0.15) is 14.7 Å². The molecule has 0 amide bonds. The van der Waals surface area contributed by atoms with Crippen LogP contribution in [0.15, 0.2) is 59.5 Å². The zero-order valence-electron chi connectivity index (χ0n) is 17.8. The Morgan fingerprint density at radius 3 is 2.41 bits per heavy atom. The molecule has 5 rings (SSSR count). The van der Waals surface area contributed by atoms with E-state index in [0.29, 0.717) is 26.2 Å². The van der Waals surface area contributed by atoms with Gasteiger partial charge in [0.1, 0.15) is 6.07 Å². The minimum absolute atomic E-state index is 0.0929. The lowest BCUT2D eigenvalue weighted by molar-refractivity contribution is 0.179. The van der Waals surface area contributed by atoms with E-state index < -0.39 is 10.0 Å². The standard InChI is InChI=1S/C24H25N5O2S/c25-17-19-7-4-5-12-24(19)32(30,31)28-15-13-27(14-16-28)18-22-21-10-6-11-23(21)29(26-22)20-8-2-1-3-9-20/h1-5,7-9,12H,6,10-11,13-16,18H2. The van der Waals surface area contributed by atoms with Crippen LogP contribution in [0.4, 0.5) is 0 Å². The van der Waals surface area contributed by atoms with Crippen LogP contribution in [0.3, 0.4) is 0 Å². The number of hydrogen-bond donors (Lipinski definition) is 0. The van der Waals surface area contributed by atoms with Gasteiger partial charge in [-0.25, -0.2) is 13.1 Å². The molecule has 3 aromatic rings. The molecule has 2 aliphatic rings. The summed E-state index contributed by atoms with van der Waals surface area (Å²) >= 11 is 0. The van der Waals surface area contributed by atoms with Crippen LogP contribution in [0.1, 0.15) is 28.9 Å². The van der Waals surface area contributed by atoms with Crippen molar-refractivity contribution in [2.75, 3.05) is 26.2 Å². The van der Waals surface area contributed by atoms with Crippen LogP contribution in [0.5, 0.6) is 0 Å². The van der Waals surface area contributed by atoms with Crippen LogP contribution in [0, 0.1) is 11.3 Å². The van der Waals surface area contributed by atoms with Crippen LogP contribution in [-0.4, -0.2) is 53.6 Å². The number of benzene rings is 2. The number of piperazine rings is 1. The second-order valence-corrected chi connectivity index (χ2v) is 10.2. The number of para-hydroxylation sites is 1. The summed E-state index contributed by atoms with van der Waals surface area (Å²) in [5, 5.41) is 14.2. The smallest absolute Gasteiger partial charge is 0.244 e. The number of sulfonamides is 1. The van der Waals surface area contributed by atoms with Gasteiger partial charge in [-0.3, -0.25) is 4.90 Å². The summed E-state index contributed by atoms with van der Waals surface area (Å²) in [4.78, 5) is 2.37. The van der Waals surface area contributed by atoms with Crippen LogP contribution >= 0.6 is 0 Å². The number of aromatic nitrogens is 2. The molecule has 7 nitrogen and oxygen atoms in total. The lowest BCUT2D eigenvalue weighted by Gasteiger charge is -2.33. The monoisotopic (exact) mass is 447 g/mol. The predicted molar refractivity (Wildman–Crippen MR) is 121 cm³/mol. The zero-order chi connectivity index (χ0) is 22.1. The van der Waals surface area contributed by atoms with Gasteiger partial charge in [0.2, 0.25) is 10.0 Å². The fourth-order valence-corrected chi connectivity index (χ4v) is 6.25. The largest absolute Gasteiger partial charge is 0.295 e. The Balaban J connectivity index is 1.31. The average molecular weight is 448 g/mol. The molecule has 8 heteroatoms. The maximum absolute atomic E-state index is 13.1. The Bertz CT molecular complexity index is 1270. The molecule has 1 aromatic heterocycles. The number of hydrogen-bond acceptors (Lipinski definition) is 5. The second-order valence-electron chi connectivity index (χ2n) is 8.26. The highest BCUT2D eigenvalue weighted by molar-refractivity contribution is 7.89. The molecular formula is C24H25N5O2S. The van der Waals surface area contributed by atoms with E-state index in [-0.39, 0.29) is 10.5 Å². The third-order valence-corrected chi connectivity index (χ3v) is 8.30. The average Bonchev–Trinajstić information content (AvgIpc) is 3.44. The van der Waals surface area contributed by atoms with Crippen molar-refractivity contribution in [2.24, 2.45) is 0 Å². The Morgan fingerprint density at radius 1 is 0.938 bits per heavy atom. The van der Waals surface area contributed by atoms with Gasteiger partial charge >= 0.3 is 0 Å². The topological polar surface area (TPSA) is 82.2 Å². The predicted octanol–water partition coefficient (Wildman–Crippen LogP) is 2.74. The van der Waals surface area contributed by atoms with E-state index in [9.17, 15) is 13.7 Å². The second kappa shape index (κ2) is 8.51. The Labute approximate surface area is 188 Å². The van der Waals surface area contributed by atoms with Crippen LogP contribution in [-0.2, 0) is 29.4 Å². The quantitative estimate of drug-likeness (QED) is 0.601. The summed E-state index contributed by atoms with van der Waals surface area (Å²) in [7, 11) is -3.68. The first-order chi connectivity index (χ1) is 15.6. The van der Waals surface area contributed by atoms with Gasteiger partial charge in [0, 0.05) is 38.4 Å². The molecule has 1 aliphatic heterocycles. The number of nitriles is 1. The molecular weight excluding hydrogens is 422 g/mol. The first kappa shape index (κ1) is 20.9. The fourth-order valence-electron chi connectivity index (χ4n) is 4.69. The fraction of sp³-hybridized carbons (Fsp3) is 0.333. The van der Waals surface area contributed by atoms with E-state index in [1.807, 2.05) is 24.3 Å². The summed E-state index contributed by atoms with van der Waals surface area (Å²) < 4.78 is 29.7. The van der Waals surface area contributed by atoms with E-state index in [4.69, 9.17) is 5.10 Å². The molecule has 1 aliphatic carbocycles. The van der Waals surface area contributed by atoms with Crippen molar-refractivity contribution in [3.8, 4) is 11.8 Å². The van der Waals surface area contributed by atoms with Crippen LogP contribution in [0.2, 0.25) is 0 Å². The van der Waals surface area contributed by atoms with Gasteiger partial charge in [0.25, 0.3) is 0 Å². The Hall–Kier alpha value is -2.99. The zero-order valence-corrected chi connectivity index (χ0v) is 18.6. The van der Waals surface area contributed by atoms with E-state index >= 15 is 0 Å². The summed E-state index contributed by atoms with van der Waals surface area (Å²) in [6.45, 7) is 2.82. The molecule has 0 N–H and O–H groups in total. The lowest BCUT2D eigenvalue weighted by atomic mass is 10.2. The molecule has 164 valence electrons. The molecule has 0 unspecified atom stereocenters. The van der Waals surface area contributed by atoms with E-state index in [1.54, 1.807) is 18.2 Å². The number of nitrogens with zero attached hydrogens (tertiary/aromatic N) is 5. The maximum atomic E-state index is 13.1. The highest BCUT2D eigenvalue weighted by atomic mass is 32.2. The van der Waals surface area contributed by atoms with Crippen molar-refractivity contribution in [1.82, 2.24) is 19.0 Å². The van der Waals surface area contributed by atoms with Gasteiger partial charge in [-0.05, 0) is 49.1 Å². The van der Waals surface area contributed by atoms with Crippen molar-refractivity contribution in [1.29, 1.82) is 5.26 Å². The van der Waals surface area contributed by atoms with E-state index in [0.717, 1.165) is 37.2 Å². The van der Waals surface area contributed by atoms with Crippen molar-refractivity contribution in [2.45, 2.75) is 30.7 Å². The summed E-state index contributed by atoms with van der Waals surface area (Å²) in [6, 6.07) is 18.6. The van der Waals surface area contributed by atoms with Crippen LogP contribution < -0.4 is 0 Å². The van der Waals surface area contributed by atoms with Crippen LogP contribution in [0.25, 0.3) is 5.69 Å². The van der Waals surface area contributed by atoms with Gasteiger partial charge in [-0.15, -0.1) is 0 Å². The minimum Gasteiger partial charge on any atom is -0.295 e. The Kier molecular flexibility index (Phi) is 5.55. The molecule has 0 atom stereocenters. The summed E-state index contributed by atoms with van der Waals surface area (Å²) in [5.41, 5.74) is 5.04. The molecule has 2 aromatic carbocycles. The van der Waals surface area contributed by atoms with Gasteiger partial charge < -0.3 is 0 Å². The molecule has 0 spiro atoms. The van der Waals surface area contributed by atoms with Crippen molar-refractivity contribution >= 4 is 10.0 Å². The normalized spacial score (nSPS) is 17.2. The summed E-state index contributed by atoms with van der Waals surface area (Å²) in [5.74, 6) is 0. The Morgan fingerprint density at radius 2 is 1.66 bits per heavy atom. The molecule has 2 heterocycles. The van der Waals surface area contributed by atoms with E-state index in [2.05, 4.69) is 21.7 Å². The number of rotatable bonds is 5. The molecule has 0 bridgehead atoms. The molecule has 0 radical (unpaired) electrons. The van der Waals surface area contributed by atoms with Crippen molar-refractivity contribution in [3.63, 3.8) is 0 Å². The first-order valence-corrected chi connectivity index (χ1v) is 12.4. The third-order valence-electron chi connectivity index (χ3n) is 6.34. The first-order valence-electron chi connectivity index (χ1n) is 10.9. The molecule has 1 saturated heterocycles. The van der Waals surface area contributed by atoms with Gasteiger partial charge in [-0.1, -0.05) is 30.3 Å². The molecule has 0 saturated carbocycles. The molecule has 1 fully saturated rings. The molecule has 32 heavy (non-hydrogen) atoms. The highest BCUT2D eigenvalue weighted by Crippen LogP contribution is 2.29. The van der Waals surface area contributed by atoms with Gasteiger partial charge in [0.05, 0.1) is 21.8 Å². The van der Waals surface area contributed by atoms with E-state index in [1.165, 1.54) is 21.6 Å². The maximum Gasteiger partial charge on any atom is 0.244 e.